The lowest BCUT2D eigenvalue weighted by molar-refractivity contribution is 0.106. The van der Waals surface area contributed by atoms with Crippen LogP contribution < -0.4 is 5.73 Å². The Hall–Kier alpha value is -0.0800. The van der Waals surface area contributed by atoms with Gasteiger partial charge in [0.05, 0.1) is 6.73 Å². The summed E-state index contributed by atoms with van der Waals surface area (Å²) in [6, 6.07) is 0. The minimum absolute atomic E-state index is 0.374. The Kier molecular flexibility index (Phi) is 4.74. The van der Waals surface area contributed by atoms with Crippen LogP contribution in [0.15, 0.2) is 0 Å². The highest BCUT2D eigenvalue weighted by molar-refractivity contribution is 4.75. The van der Waals surface area contributed by atoms with Gasteiger partial charge >= 0.3 is 0 Å². The molecule has 78 valence electrons. The highest BCUT2D eigenvalue weighted by Gasteiger charge is 2.23. The SMILES string of the molecule is CC1CCC(CCOCN)CC1C. The minimum atomic E-state index is 0.374. The van der Waals surface area contributed by atoms with E-state index < -0.39 is 0 Å². The molecule has 0 heterocycles. The summed E-state index contributed by atoms with van der Waals surface area (Å²) in [6.45, 7) is 5.97. The summed E-state index contributed by atoms with van der Waals surface area (Å²) in [5.74, 6) is 2.71. The third kappa shape index (κ3) is 3.65. The largest absolute Gasteiger partial charge is 0.367 e. The van der Waals surface area contributed by atoms with Crippen molar-refractivity contribution in [3.8, 4) is 0 Å². The fourth-order valence-corrected chi connectivity index (χ4v) is 2.25. The molecule has 0 saturated heterocycles. The molecule has 1 rings (SSSR count). The highest BCUT2D eigenvalue weighted by atomic mass is 16.5. The second kappa shape index (κ2) is 5.61. The van der Waals surface area contributed by atoms with Crippen LogP contribution in [0.25, 0.3) is 0 Å². The molecule has 2 nitrogen and oxygen atoms in total. The van der Waals surface area contributed by atoms with Crippen LogP contribution in [0, 0.1) is 17.8 Å². The molecule has 3 unspecified atom stereocenters. The monoisotopic (exact) mass is 185 g/mol. The van der Waals surface area contributed by atoms with Gasteiger partial charge in [-0.05, 0) is 30.6 Å². The zero-order valence-electron chi connectivity index (χ0n) is 8.96. The van der Waals surface area contributed by atoms with Gasteiger partial charge in [0.2, 0.25) is 0 Å². The molecular weight excluding hydrogens is 162 g/mol. The van der Waals surface area contributed by atoms with Gasteiger partial charge in [0.25, 0.3) is 0 Å². The van der Waals surface area contributed by atoms with Crippen LogP contribution in [-0.4, -0.2) is 13.3 Å². The number of hydrogen-bond acceptors (Lipinski definition) is 2. The third-order valence-corrected chi connectivity index (χ3v) is 3.50. The zero-order chi connectivity index (χ0) is 9.68. The summed E-state index contributed by atoms with van der Waals surface area (Å²) < 4.78 is 5.18. The maximum Gasteiger partial charge on any atom is 0.0940 e. The van der Waals surface area contributed by atoms with E-state index in [2.05, 4.69) is 13.8 Å². The molecule has 0 spiro atoms. The molecule has 0 aromatic rings. The summed E-state index contributed by atoms with van der Waals surface area (Å²) in [4.78, 5) is 0. The Morgan fingerprint density at radius 3 is 2.62 bits per heavy atom. The van der Waals surface area contributed by atoms with Crippen LogP contribution in [0.4, 0.5) is 0 Å². The fourth-order valence-electron chi connectivity index (χ4n) is 2.25. The van der Waals surface area contributed by atoms with Gasteiger partial charge in [0.15, 0.2) is 0 Å². The maximum absolute atomic E-state index is 5.27. The Morgan fingerprint density at radius 1 is 1.23 bits per heavy atom. The van der Waals surface area contributed by atoms with Crippen molar-refractivity contribution in [2.45, 2.75) is 39.5 Å². The summed E-state index contributed by atoms with van der Waals surface area (Å²) in [7, 11) is 0. The second-order valence-electron chi connectivity index (χ2n) is 4.50. The fraction of sp³-hybridized carbons (Fsp3) is 1.00. The summed E-state index contributed by atoms with van der Waals surface area (Å²) in [5.41, 5.74) is 5.27. The van der Waals surface area contributed by atoms with E-state index in [0.29, 0.717) is 6.73 Å². The molecule has 1 aliphatic carbocycles. The van der Waals surface area contributed by atoms with Crippen molar-refractivity contribution in [2.24, 2.45) is 23.5 Å². The van der Waals surface area contributed by atoms with Crippen LogP contribution in [0.5, 0.6) is 0 Å². The van der Waals surface area contributed by atoms with Crippen molar-refractivity contribution < 1.29 is 4.74 Å². The first-order chi connectivity index (χ1) is 6.24. The topological polar surface area (TPSA) is 35.2 Å². The Bertz CT molecular complexity index is 138. The molecule has 1 fully saturated rings. The van der Waals surface area contributed by atoms with Crippen molar-refractivity contribution in [3.05, 3.63) is 0 Å². The van der Waals surface area contributed by atoms with Crippen LogP contribution in [0.1, 0.15) is 39.5 Å². The molecule has 2 heteroatoms. The molecule has 0 aromatic carbocycles. The first kappa shape index (κ1) is 11.0. The predicted octanol–water partition coefficient (Wildman–Crippen LogP) is 2.38. The lowest BCUT2D eigenvalue weighted by Gasteiger charge is -2.31. The van der Waals surface area contributed by atoms with Gasteiger partial charge in [0.1, 0.15) is 0 Å². The van der Waals surface area contributed by atoms with Gasteiger partial charge in [-0.1, -0.05) is 26.7 Å². The van der Waals surface area contributed by atoms with Crippen LogP contribution in [-0.2, 0) is 4.74 Å². The molecule has 0 amide bonds. The predicted molar refractivity (Wildman–Crippen MR) is 55.3 cm³/mol. The molecule has 3 atom stereocenters. The van der Waals surface area contributed by atoms with Crippen LogP contribution in [0.3, 0.4) is 0 Å². The van der Waals surface area contributed by atoms with E-state index in [1.807, 2.05) is 0 Å². The van der Waals surface area contributed by atoms with Crippen molar-refractivity contribution in [1.29, 1.82) is 0 Å². The molecule has 1 saturated carbocycles. The van der Waals surface area contributed by atoms with Crippen molar-refractivity contribution in [3.63, 3.8) is 0 Å². The van der Waals surface area contributed by atoms with E-state index in [9.17, 15) is 0 Å². The lowest BCUT2D eigenvalue weighted by atomic mass is 9.75. The Labute approximate surface area is 81.8 Å². The number of hydrogen-bond donors (Lipinski definition) is 1. The summed E-state index contributed by atoms with van der Waals surface area (Å²) in [6.07, 6.45) is 5.37. The van der Waals surface area contributed by atoms with Gasteiger partial charge in [0, 0.05) is 6.61 Å². The van der Waals surface area contributed by atoms with Crippen molar-refractivity contribution in [2.75, 3.05) is 13.3 Å². The van der Waals surface area contributed by atoms with E-state index in [1.165, 1.54) is 25.7 Å². The van der Waals surface area contributed by atoms with E-state index >= 15 is 0 Å². The smallest absolute Gasteiger partial charge is 0.0940 e. The molecule has 0 aliphatic heterocycles. The third-order valence-electron chi connectivity index (χ3n) is 3.50. The van der Waals surface area contributed by atoms with Gasteiger partial charge in [-0.3, -0.25) is 0 Å². The van der Waals surface area contributed by atoms with Gasteiger partial charge < -0.3 is 10.5 Å². The van der Waals surface area contributed by atoms with E-state index in [4.69, 9.17) is 10.5 Å². The first-order valence-corrected chi connectivity index (χ1v) is 5.51. The molecule has 2 N–H and O–H groups in total. The quantitative estimate of drug-likeness (QED) is 0.539. The normalized spacial score (nSPS) is 34.8. The standard InChI is InChI=1S/C11H23NO/c1-9-3-4-11(7-10(9)2)5-6-13-8-12/h9-11H,3-8,12H2,1-2H3. The Balaban J connectivity index is 2.14. The molecule has 0 bridgehead atoms. The Morgan fingerprint density at radius 2 is 2.00 bits per heavy atom. The molecular formula is C11H23NO. The maximum atomic E-state index is 5.27. The van der Waals surface area contributed by atoms with Crippen molar-refractivity contribution >= 4 is 0 Å². The molecule has 13 heavy (non-hydrogen) atoms. The second-order valence-corrected chi connectivity index (χ2v) is 4.50. The van der Waals surface area contributed by atoms with E-state index in [1.54, 1.807) is 0 Å². The summed E-state index contributed by atoms with van der Waals surface area (Å²) >= 11 is 0. The first-order valence-electron chi connectivity index (χ1n) is 5.51. The molecule has 0 radical (unpaired) electrons. The van der Waals surface area contributed by atoms with Crippen LogP contribution in [0.2, 0.25) is 0 Å². The number of ether oxygens (including phenoxy) is 1. The number of nitrogens with two attached hydrogens (primary N) is 1. The number of rotatable bonds is 4. The van der Waals surface area contributed by atoms with E-state index in [0.717, 1.165) is 24.4 Å². The molecule has 0 aromatic heterocycles. The van der Waals surface area contributed by atoms with Gasteiger partial charge in [-0.25, -0.2) is 0 Å². The van der Waals surface area contributed by atoms with Crippen molar-refractivity contribution in [1.82, 2.24) is 0 Å². The zero-order valence-corrected chi connectivity index (χ0v) is 8.96. The van der Waals surface area contributed by atoms with Gasteiger partial charge in [-0.15, -0.1) is 0 Å². The highest BCUT2D eigenvalue weighted by Crippen LogP contribution is 2.34. The van der Waals surface area contributed by atoms with E-state index in [-0.39, 0.29) is 0 Å². The van der Waals surface area contributed by atoms with Crippen LogP contribution >= 0.6 is 0 Å². The minimum Gasteiger partial charge on any atom is -0.367 e. The average molecular weight is 185 g/mol. The lowest BCUT2D eigenvalue weighted by Crippen LogP contribution is -2.22. The summed E-state index contributed by atoms with van der Waals surface area (Å²) in [5, 5.41) is 0. The van der Waals surface area contributed by atoms with Gasteiger partial charge in [-0.2, -0.15) is 0 Å². The average Bonchev–Trinajstić information content (AvgIpc) is 2.12. The molecule has 1 aliphatic rings.